The SMILES string of the molecule is NC(=O)C1CC2(CCN(S(=O)(=O)c3ccc(Cl)nc3)CC2)C1. The first-order valence-electron chi connectivity index (χ1n) is 7.23. The molecule has 1 saturated heterocycles. The van der Waals surface area contributed by atoms with Crippen LogP contribution in [0.1, 0.15) is 25.7 Å². The molecular weight excluding hydrogens is 326 g/mol. The molecule has 1 aromatic rings. The van der Waals surface area contributed by atoms with E-state index in [4.69, 9.17) is 17.3 Å². The molecule has 2 aliphatic rings. The molecular formula is C14H18ClN3O3S. The van der Waals surface area contributed by atoms with Gasteiger partial charge in [-0.2, -0.15) is 4.31 Å². The second-order valence-electron chi connectivity index (χ2n) is 6.23. The predicted octanol–water partition coefficient (Wildman–Crippen LogP) is 1.40. The molecule has 0 atom stereocenters. The zero-order valence-electron chi connectivity index (χ0n) is 12.0. The summed E-state index contributed by atoms with van der Waals surface area (Å²) in [5.74, 6) is -0.281. The molecule has 0 radical (unpaired) electrons. The van der Waals surface area contributed by atoms with E-state index < -0.39 is 10.0 Å². The summed E-state index contributed by atoms with van der Waals surface area (Å²) in [5, 5.41) is 0.267. The smallest absolute Gasteiger partial charge is 0.244 e. The van der Waals surface area contributed by atoms with Gasteiger partial charge >= 0.3 is 0 Å². The van der Waals surface area contributed by atoms with E-state index in [1.807, 2.05) is 0 Å². The number of rotatable bonds is 3. The van der Waals surface area contributed by atoms with Crippen LogP contribution < -0.4 is 5.73 Å². The zero-order valence-corrected chi connectivity index (χ0v) is 13.6. The van der Waals surface area contributed by atoms with Gasteiger partial charge in [-0.05, 0) is 43.2 Å². The highest BCUT2D eigenvalue weighted by molar-refractivity contribution is 7.89. The topological polar surface area (TPSA) is 93.4 Å². The Morgan fingerprint density at radius 1 is 1.32 bits per heavy atom. The Kier molecular flexibility index (Phi) is 3.91. The van der Waals surface area contributed by atoms with E-state index in [2.05, 4.69) is 4.98 Å². The van der Waals surface area contributed by atoms with Gasteiger partial charge < -0.3 is 5.73 Å². The third kappa shape index (κ3) is 2.73. The minimum absolute atomic E-state index is 0.0383. The number of pyridine rings is 1. The molecule has 22 heavy (non-hydrogen) atoms. The van der Waals surface area contributed by atoms with Gasteiger partial charge in [0.15, 0.2) is 0 Å². The molecule has 120 valence electrons. The van der Waals surface area contributed by atoms with E-state index in [1.165, 1.54) is 22.6 Å². The Balaban J connectivity index is 1.66. The molecule has 1 spiro atoms. The molecule has 2 fully saturated rings. The highest BCUT2D eigenvalue weighted by Gasteiger charge is 2.49. The summed E-state index contributed by atoms with van der Waals surface area (Å²) in [6, 6.07) is 2.95. The summed E-state index contributed by atoms with van der Waals surface area (Å²) >= 11 is 5.69. The van der Waals surface area contributed by atoms with Gasteiger partial charge in [0, 0.05) is 25.2 Å². The van der Waals surface area contributed by atoms with E-state index in [9.17, 15) is 13.2 Å². The molecule has 0 aromatic carbocycles. The van der Waals surface area contributed by atoms with Crippen molar-refractivity contribution in [1.29, 1.82) is 0 Å². The molecule has 6 nitrogen and oxygen atoms in total. The average Bonchev–Trinajstić information content (AvgIpc) is 2.45. The van der Waals surface area contributed by atoms with Crippen LogP contribution in [-0.4, -0.2) is 36.7 Å². The molecule has 1 aliphatic carbocycles. The number of hydrogen-bond acceptors (Lipinski definition) is 4. The molecule has 3 rings (SSSR count). The van der Waals surface area contributed by atoms with Gasteiger partial charge in [-0.1, -0.05) is 11.6 Å². The standard InChI is InChI=1S/C14H18ClN3O3S/c15-12-2-1-11(9-17-12)22(20,21)18-5-3-14(4-6-18)7-10(8-14)13(16)19/h1-2,9-10H,3-8H2,(H2,16,19). The zero-order chi connectivity index (χ0) is 16.0. The lowest BCUT2D eigenvalue weighted by Gasteiger charge is -2.50. The Morgan fingerprint density at radius 2 is 1.95 bits per heavy atom. The largest absolute Gasteiger partial charge is 0.369 e. The third-order valence-electron chi connectivity index (χ3n) is 4.88. The van der Waals surface area contributed by atoms with Crippen LogP contribution in [0.25, 0.3) is 0 Å². The number of nitrogens with zero attached hydrogens (tertiary/aromatic N) is 2. The van der Waals surface area contributed by atoms with Gasteiger partial charge in [-0.25, -0.2) is 13.4 Å². The lowest BCUT2D eigenvalue weighted by atomic mass is 9.57. The average molecular weight is 344 g/mol. The van der Waals surface area contributed by atoms with Gasteiger partial charge in [0.1, 0.15) is 10.0 Å². The van der Waals surface area contributed by atoms with Crippen LogP contribution in [0.3, 0.4) is 0 Å². The summed E-state index contributed by atoms with van der Waals surface area (Å²) in [7, 11) is -3.52. The first-order valence-corrected chi connectivity index (χ1v) is 9.05. The van der Waals surface area contributed by atoms with Gasteiger partial charge in [0.05, 0.1) is 0 Å². The van der Waals surface area contributed by atoms with E-state index in [-0.39, 0.29) is 27.3 Å². The molecule has 1 amide bonds. The number of nitrogens with two attached hydrogens (primary N) is 1. The number of carbonyl (C=O) groups excluding carboxylic acids is 1. The third-order valence-corrected chi connectivity index (χ3v) is 6.99. The summed E-state index contributed by atoms with van der Waals surface area (Å²) < 4.78 is 26.6. The Hall–Kier alpha value is -1.18. The molecule has 2 N–H and O–H groups in total. The molecule has 0 unspecified atom stereocenters. The van der Waals surface area contributed by atoms with Gasteiger partial charge in [-0.3, -0.25) is 4.79 Å². The maximum Gasteiger partial charge on any atom is 0.244 e. The van der Waals surface area contributed by atoms with Crippen molar-refractivity contribution >= 4 is 27.5 Å². The quantitative estimate of drug-likeness (QED) is 0.839. The van der Waals surface area contributed by atoms with Gasteiger partial charge in [0.2, 0.25) is 15.9 Å². The van der Waals surface area contributed by atoms with Crippen LogP contribution in [0, 0.1) is 11.3 Å². The maximum absolute atomic E-state index is 12.6. The van der Waals surface area contributed by atoms with Crippen LogP contribution in [0.4, 0.5) is 0 Å². The summed E-state index contributed by atoms with van der Waals surface area (Å²) in [6.45, 7) is 0.937. The predicted molar refractivity (Wildman–Crippen MR) is 81.6 cm³/mol. The fraction of sp³-hybridized carbons (Fsp3) is 0.571. The Morgan fingerprint density at radius 3 is 2.45 bits per heavy atom. The summed E-state index contributed by atoms with van der Waals surface area (Å²) in [6.07, 6.45) is 4.42. The van der Waals surface area contributed by atoms with Crippen LogP contribution in [0.15, 0.2) is 23.2 Å². The minimum atomic E-state index is -3.52. The second kappa shape index (κ2) is 5.47. The fourth-order valence-electron chi connectivity index (χ4n) is 3.46. The Bertz CT molecular complexity index is 674. The monoisotopic (exact) mass is 343 g/mol. The number of amides is 1. The summed E-state index contributed by atoms with van der Waals surface area (Å²) in [4.78, 5) is 15.1. The number of hydrogen-bond donors (Lipinski definition) is 1. The summed E-state index contributed by atoms with van der Waals surface area (Å²) in [5.41, 5.74) is 5.41. The van der Waals surface area contributed by atoms with Crippen LogP contribution >= 0.6 is 11.6 Å². The highest BCUT2D eigenvalue weighted by atomic mass is 35.5. The number of piperidine rings is 1. The Labute approximate surface area is 134 Å². The first kappa shape index (κ1) is 15.7. The van der Waals surface area contributed by atoms with Crippen molar-refractivity contribution in [3.63, 3.8) is 0 Å². The number of carbonyl (C=O) groups is 1. The molecule has 2 heterocycles. The number of aromatic nitrogens is 1. The molecule has 1 saturated carbocycles. The maximum atomic E-state index is 12.6. The minimum Gasteiger partial charge on any atom is -0.369 e. The fourth-order valence-corrected chi connectivity index (χ4v) is 4.96. The van der Waals surface area contributed by atoms with Crippen LogP contribution in [0.5, 0.6) is 0 Å². The first-order chi connectivity index (χ1) is 10.3. The molecule has 1 aliphatic heterocycles. The highest BCUT2D eigenvalue weighted by Crippen LogP contribution is 2.52. The molecule has 0 bridgehead atoms. The van der Waals surface area contributed by atoms with E-state index in [1.54, 1.807) is 0 Å². The van der Waals surface area contributed by atoms with Crippen LogP contribution in [0.2, 0.25) is 5.15 Å². The van der Waals surface area contributed by atoms with Gasteiger partial charge in [-0.15, -0.1) is 0 Å². The van der Waals surface area contributed by atoms with Gasteiger partial charge in [0.25, 0.3) is 0 Å². The molecule has 8 heteroatoms. The van der Waals surface area contributed by atoms with Crippen molar-refractivity contribution < 1.29 is 13.2 Å². The second-order valence-corrected chi connectivity index (χ2v) is 8.55. The molecule has 1 aromatic heterocycles. The van der Waals surface area contributed by atoms with E-state index in [0.29, 0.717) is 13.1 Å². The number of halogens is 1. The van der Waals surface area contributed by atoms with Crippen molar-refractivity contribution in [2.75, 3.05) is 13.1 Å². The van der Waals surface area contributed by atoms with Crippen molar-refractivity contribution in [3.8, 4) is 0 Å². The van der Waals surface area contributed by atoms with Crippen molar-refractivity contribution in [2.24, 2.45) is 17.1 Å². The van der Waals surface area contributed by atoms with Crippen molar-refractivity contribution in [2.45, 2.75) is 30.6 Å². The van der Waals surface area contributed by atoms with E-state index >= 15 is 0 Å². The lowest BCUT2D eigenvalue weighted by Crippen LogP contribution is -2.51. The van der Waals surface area contributed by atoms with Crippen molar-refractivity contribution in [1.82, 2.24) is 9.29 Å². The van der Waals surface area contributed by atoms with Crippen molar-refractivity contribution in [3.05, 3.63) is 23.5 Å². The number of primary amides is 1. The van der Waals surface area contributed by atoms with E-state index in [0.717, 1.165) is 25.7 Å². The lowest BCUT2D eigenvalue weighted by molar-refractivity contribution is -0.131. The normalized spacial score (nSPS) is 22.4. The van der Waals surface area contributed by atoms with Crippen LogP contribution in [-0.2, 0) is 14.8 Å². The number of sulfonamides is 1.